The molecule has 3 amide bonds. The fourth-order valence-electron chi connectivity index (χ4n) is 2.74. The first-order valence-electron chi connectivity index (χ1n) is 9.33. The number of halogens is 6. The summed E-state index contributed by atoms with van der Waals surface area (Å²) in [5.74, 6) is -4.76. The number of hydrogen-bond donors (Lipinski definition) is 3. The van der Waals surface area contributed by atoms with Gasteiger partial charge in [0.2, 0.25) is 17.7 Å². The third-order valence-corrected chi connectivity index (χ3v) is 6.00. The molecule has 0 aliphatic rings. The molecular formula is C22H13Cl6N3O3. The first-order valence-corrected chi connectivity index (χ1v) is 11.6. The van der Waals surface area contributed by atoms with Crippen LogP contribution >= 0.6 is 69.6 Å². The van der Waals surface area contributed by atoms with Crippen LogP contribution in [0.2, 0.25) is 30.1 Å². The van der Waals surface area contributed by atoms with E-state index in [1.807, 2.05) is 0 Å². The Labute approximate surface area is 224 Å². The molecule has 176 valence electrons. The Kier molecular flexibility index (Phi) is 8.93. The number of anilines is 3. The van der Waals surface area contributed by atoms with Crippen LogP contribution in [0.5, 0.6) is 0 Å². The molecular weight excluding hydrogens is 567 g/mol. The monoisotopic (exact) mass is 577 g/mol. The van der Waals surface area contributed by atoms with Crippen LogP contribution in [0, 0.1) is 5.92 Å². The summed E-state index contributed by atoms with van der Waals surface area (Å²) in [5.41, 5.74) is 0.446. The van der Waals surface area contributed by atoms with E-state index >= 15 is 0 Å². The van der Waals surface area contributed by atoms with Crippen molar-refractivity contribution in [1.29, 1.82) is 0 Å². The molecule has 3 N–H and O–H groups in total. The molecule has 0 fully saturated rings. The molecule has 0 radical (unpaired) electrons. The maximum atomic E-state index is 13.1. The van der Waals surface area contributed by atoms with E-state index in [-0.39, 0.29) is 32.1 Å². The largest absolute Gasteiger partial charge is 0.324 e. The number of hydrogen-bond acceptors (Lipinski definition) is 3. The average Bonchev–Trinajstić information content (AvgIpc) is 2.74. The standard InChI is InChI=1S/C22H13Cl6N3O3/c23-10-1-4-16(13(26)7-10)29-20(32)19(21(33)30-17-5-2-11(24)8-14(17)27)22(34)31-18-6-3-12(25)9-15(18)28/h1-9,19H,(H,29,32)(H,30,33)(H,31,34). The van der Waals surface area contributed by atoms with Crippen LogP contribution in [-0.4, -0.2) is 17.7 Å². The van der Waals surface area contributed by atoms with Crippen molar-refractivity contribution in [2.24, 2.45) is 5.92 Å². The molecule has 3 aromatic carbocycles. The summed E-state index contributed by atoms with van der Waals surface area (Å²) < 4.78 is 0. The highest BCUT2D eigenvalue weighted by molar-refractivity contribution is 6.39. The van der Waals surface area contributed by atoms with Crippen LogP contribution in [-0.2, 0) is 14.4 Å². The number of rotatable bonds is 6. The minimum absolute atomic E-state index is 0.113. The Morgan fingerprint density at radius 2 is 0.765 bits per heavy atom. The topological polar surface area (TPSA) is 87.3 Å². The van der Waals surface area contributed by atoms with Gasteiger partial charge >= 0.3 is 0 Å². The highest BCUT2D eigenvalue weighted by Crippen LogP contribution is 2.29. The Morgan fingerprint density at radius 1 is 0.500 bits per heavy atom. The Hall–Kier alpha value is -2.19. The van der Waals surface area contributed by atoms with Gasteiger partial charge in [0, 0.05) is 15.1 Å². The van der Waals surface area contributed by atoms with Gasteiger partial charge in [-0.1, -0.05) is 69.6 Å². The summed E-state index contributed by atoms with van der Waals surface area (Å²) in [6.45, 7) is 0. The predicted octanol–water partition coefficient (Wildman–Crippen LogP) is 7.44. The van der Waals surface area contributed by atoms with Gasteiger partial charge in [-0.25, -0.2) is 0 Å². The molecule has 12 heteroatoms. The minimum atomic E-state index is -1.87. The van der Waals surface area contributed by atoms with E-state index in [0.29, 0.717) is 15.1 Å². The van der Waals surface area contributed by atoms with E-state index in [1.54, 1.807) is 0 Å². The van der Waals surface area contributed by atoms with Gasteiger partial charge in [0.25, 0.3) is 0 Å². The Bertz CT molecular complexity index is 1130. The van der Waals surface area contributed by atoms with Gasteiger partial charge in [0.05, 0.1) is 32.1 Å². The number of nitrogens with one attached hydrogen (secondary N) is 3. The maximum Gasteiger partial charge on any atom is 0.246 e. The molecule has 3 rings (SSSR count). The summed E-state index contributed by atoms with van der Waals surface area (Å²) >= 11 is 36.0. The van der Waals surface area contributed by atoms with Gasteiger partial charge in [-0.3, -0.25) is 14.4 Å². The number of carbonyl (C=O) groups is 3. The van der Waals surface area contributed by atoms with Crippen molar-refractivity contribution >= 4 is 104 Å². The van der Waals surface area contributed by atoms with Gasteiger partial charge in [0.1, 0.15) is 0 Å². The second kappa shape index (κ2) is 11.5. The molecule has 0 aromatic heterocycles. The van der Waals surface area contributed by atoms with Crippen molar-refractivity contribution in [2.75, 3.05) is 16.0 Å². The molecule has 0 heterocycles. The smallest absolute Gasteiger partial charge is 0.246 e. The third-order valence-electron chi connectivity index (χ3n) is 4.35. The Balaban J connectivity index is 1.91. The second-order valence-corrected chi connectivity index (χ2v) is 9.30. The summed E-state index contributed by atoms with van der Waals surface area (Å²) in [7, 11) is 0. The lowest BCUT2D eigenvalue weighted by Gasteiger charge is -2.18. The highest BCUT2D eigenvalue weighted by atomic mass is 35.5. The van der Waals surface area contributed by atoms with Gasteiger partial charge < -0.3 is 16.0 Å². The van der Waals surface area contributed by atoms with Gasteiger partial charge in [0.15, 0.2) is 5.92 Å². The first kappa shape index (κ1) is 26.4. The van der Waals surface area contributed by atoms with Crippen molar-refractivity contribution < 1.29 is 14.4 Å². The fraction of sp³-hybridized carbons (Fsp3) is 0.0455. The molecule has 0 spiro atoms. The maximum absolute atomic E-state index is 13.1. The lowest BCUT2D eigenvalue weighted by Crippen LogP contribution is -2.42. The SMILES string of the molecule is O=C(Nc1ccc(Cl)cc1Cl)C(C(=O)Nc1ccc(Cl)cc1Cl)C(=O)Nc1ccc(Cl)cc1Cl. The first-order chi connectivity index (χ1) is 16.0. The zero-order valence-electron chi connectivity index (χ0n) is 16.8. The van der Waals surface area contributed by atoms with Crippen LogP contribution in [0.15, 0.2) is 54.6 Å². The quantitative estimate of drug-likeness (QED) is 0.265. The van der Waals surface area contributed by atoms with Gasteiger partial charge in [-0.05, 0) is 54.6 Å². The van der Waals surface area contributed by atoms with E-state index in [0.717, 1.165) is 0 Å². The fourth-order valence-corrected chi connectivity index (χ4v) is 4.11. The lowest BCUT2D eigenvalue weighted by atomic mass is 10.1. The summed E-state index contributed by atoms with van der Waals surface area (Å²) in [6, 6.07) is 12.9. The molecule has 0 bridgehead atoms. The van der Waals surface area contributed by atoms with Crippen molar-refractivity contribution in [1.82, 2.24) is 0 Å². The van der Waals surface area contributed by atoms with Gasteiger partial charge in [-0.2, -0.15) is 0 Å². The molecule has 0 aliphatic carbocycles. The zero-order valence-corrected chi connectivity index (χ0v) is 21.3. The molecule has 0 saturated carbocycles. The predicted molar refractivity (Wildman–Crippen MR) is 139 cm³/mol. The van der Waals surface area contributed by atoms with Crippen LogP contribution in [0.4, 0.5) is 17.1 Å². The Morgan fingerprint density at radius 3 is 1.00 bits per heavy atom. The molecule has 6 nitrogen and oxygen atoms in total. The van der Waals surface area contributed by atoms with Crippen LogP contribution in [0.1, 0.15) is 0 Å². The number of amides is 3. The second-order valence-electron chi connectivity index (χ2n) is 6.77. The molecule has 34 heavy (non-hydrogen) atoms. The van der Waals surface area contributed by atoms with E-state index in [2.05, 4.69) is 16.0 Å². The van der Waals surface area contributed by atoms with E-state index < -0.39 is 23.6 Å². The highest BCUT2D eigenvalue weighted by Gasteiger charge is 2.35. The average molecular weight is 580 g/mol. The molecule has 0 unspecified atom stereocenters. The van der Waals surface area contributed by atoms with Crippen LogP contribution in [0.25, 0.3) is 0 Å². The summed E-state index contributed by atoms with van der Waals surface area (Å²) in [4.78, 5) is 39.2. The third kappa shape index (κ3) is 6.69. The summed E-state index contributed by atoms with van der Waals surface area (Å²) in [6.07, 6.45) is 0. The molecule has 0 atom stereocenters. The van der Waals surface area contributed by atoms with E-state index in [9.17, 15) is 14.4 Å². The van der Waals surface area contributed by atoms with Gasteiger partial charge in [-0.15, -0.1) is 0 Å². The minimum Gasteiger partial charge on any atom is -0.324 e. The normalized spacial score (nSPS) is 10.7. The number of benzene rings is 3. The van der Waals surface area contributed by atoms with Crippen molar-refractivity contribution in [2.45, 2.75) is 0 Å². The van der Waals surface area contributed by atoms with Crippen molar-refractivity contribution in [3.8, 4) is 0 Å². The van der Waals surface area contributed by atoms with Crippen molar-refractivity contribution in [3.05, 3.63) is 84.7 Å². The van der Waals surface area contributed by atoms with E-state index in [4.69, 9.17) is 69.6 Å². The lowest BCUT2D eigenvalue weighted by molar-refractivity contribution is -0.136. The number of carbonyl (C=O) groups excluding carboxylic acids is 3. The molecule has 3 aromatic rings. The molecule has 0 aliphatic heterocycles. The molecule has 0 saturated heterocycles. The zero-order chi connectivity index (χ0) is 25.0. The van der Waals surface area contributed by atoms with Crippen LogP contribution in [0.3, 0.4) is 0 Å². The van der Waals surface area contributed by atoms with Crippen molar-refractivity contribution in [3.63, 3.8) is 0 Å². The van der Waals surface area contributed by atoms with E-state index in [1.165, 1.54) is 54.6 Å². The summed E-state index contributed by atoms with van der Waals surface area (Å²) in [5, 5.41) is 8.73. The van der Waals surface area contributed by atoms with Crippen LogP contribution < -0.4 is 16.0 Å².